The Bertz CT molecular complexity index is 746. The van der Waals surface area contributed by atoms with Gasteiger partial charge in [0.05, 0.1) is 13.2 Å². The van der Waals surface area contributed by atoms with Crippen molar-refractivity contribution in [2.24, 2.45) is 14.1 Å². The topological polar surface area (TPSA) is 92.3 Å². The van der Waals surface area contributed by atoms with Gasteiger partial charge < -0.3 is 19.1 Å². The number of carbonyl (C=O) groups is 1. The van der Waals surface area contributed by atoms with Crippen LogP contribution in [-0.2, 0) is 20.6 Å². The molecular weight excluding hydrogens is 334 g/mol. The molecule has 142 valence electrons. The van der Waals surface area contributed by atoms with E-state index in [0.29, 0.717) is 37.9 Å². The number of hydrogen-bond acceptors (Lipinski definition) is 6. The number of hydrogen-bond donors (Lipinski definition) is 1. The van der Waals surface area contributed by atoms with Gasteiger partial charge in [0.15, 0.2) is 5.82 Å². The lowest BCUT2D eigenvalue weighted by molar-refractivity contribution is 0.0694. The zero-order valence-electron chi connectivity index (χ0n) is 15.7. The zero-order chi connectivity index (χ0) is 18.7. The Morgan fingerprint density at radius 3 is 2.65 bits per heavy atom. The lowest BCUT2D eigenvalue weighted by Gasteiger charge is -2.31. The van der Waals surface area contributed by atoms with Crippen molar-refractivity contribution in [3.05, 3.63) is 29.9 Å². The summed E-state index contributed by atoms with van der Waals surface area (Å²) in [6, 6.07) is 0. The van der Waals surface area contributed by atoms with Gasteiger partial charge in [-0.05, 0) is 19.9 Å². The van der Waals surface area contributed by atoms with Crippen molar-refractivity contribution >= 4 is 5.91 Å². The summed E-state index contributed by atoms with van der Waals surface area (Å²) in [4.78, 5) is 20.6. The number of nitrogens with zero attached hydrogens (tertiary/aromatic N) is 7. The fourth-order valence-electron chi connectivity index (χ4n) is 3.41. The van der Waals surface area contributed by atoms with Gasteiger partial charge in [0.2, 0.25) is 0 Å². The highest BCUT2D eigenvalue weighted by Gasteiger charge is 2.29. The van der Waals surface area contributed by atoms with Crippen molar-refractivity contribution in [1.29, 1.82) is 0 Å². The largest absolute Gasteiger partial charge is 0.395 e. The van der Waals surface area contributed by atoms with Crippen LogP contribution < -0.4 is 0 Å². The second-order valence-corrected chi connectivity index (χ2v) is 6.92. The van der Waals surface area contributed by atoms with Crippen LogP contribution >= 0.6 is 0 Å². The maximum absolute atomic E-state index is 12.6. The third kappa shape index (κ3) is 3.78. The Hall–Kier alpha value is -2.26. The van der Waals surface area contributed by atoms with Gasteiger partial charge in [-0.3, -0.25) is 9.69 Å². The molecule has 1 aliphatic heterocycles. The van der Waals surface area contributed by atoms with Gasteiger partial charge in [-0.25, -0.2) is 4.98 Å². The fourth-order valence-corrected chi connectivity index (χ4v) is 3.41. The van der Waals surface area contributed by atoms with Crippen molar-refractivity contribution in [3.8, 4) is 0 Å². The smallest absolute Gasteiger partial charge is 0.289 e. The molecule has 3 heterocycles. The van der Waals surface area contributed by atoms with Crippen LogP contribution in [0.15, 0.2) is 12.4 Å². The first-order chi connectivity index (χ1) is 12.5. The standard InChI is InChI=1S/C17H27N7O2/c1-21(10-11-25)12-14-19-20-15(23(14)3)13-4-7-24(8-5-13)17(26)16-18-6-9-22(16)2/h6,9,13,25H,4-5,7-8,10-12H2,1-3H3. The van der Waals surface area contributed by atoms with Crippen LogP contribution in [0.4, 0.5) is 0 Å². The molecule has 0 atom stereocenters. The highest BCUT2D eigenvalue weighted by atomic mass is 16.3. The first-order valence-corrected chi connectivity index (χ1v) is 8.95. The molecule has 26 heavy (non-hydrogen) atoms. The van der Waals surface area contributed by atoms with Crippen molar-refractivity contribution in [2.75, 3.05) is 33.3 Å². The SMILES string of the molecule is CN(CCO)Cc1nnc(C2CCN(C(=O)c3nccn3C)CC2)n1C. The third-order valence-corrected chi connectivity index (χ3v) is 5.05. The van der Waals surface area contributed by atoms with E-state index >= 15 is 0 Å². The third-order valence-electron chi connectivity index (χ3n) is 5.05. The molecule has 1 aliphatic rings. The minimum atomic E-state index is -0.0137. The first kappa shape index (κ1) is 18.5. The number of likely N-dealkylation sites (tertiary alicyclic amines) is 1. The number of imidazole rings is 1. The molecule has 0 bridgehead atoms. The monoisotopic (exact) mass is 361 g/mol. The van der Waals surface area contributed by atoms with Crippen molar-refractivity contribution in [2.45, 2.75) is 25.3 Å². The average molecular weight is 361 g/mol. The molecule has 0 aliphatic carbocycles. The van der Waals surface area contributed by atoms with E-state index in [-0.39, 0.29) is 12.5 Å². The first-order valence-electron chi connectivity index (χ1n) is 8.95. The predicted molar refractivity (Wildman–Crippen MR) is 95.5 cm³/mol. The van der Waals surface area contributed by atoms with Crippen molar-refractivity contribution in [1.82, 2.24) is 34.1 Å². The van der Waals surface area contributed by atoms with E-state index in [1.807, 2.05) is 30.9 Å². The van der Waals surface area contributed by atoms with Crippen LogP contribution in [0, 0.1) is 0 Å². The molecule has 1 saturated heterocycles. The molecular formula is C17H27N7O2. The Morgan fingerprint density at radius 2 is 2.04 bits per heavy atom. The van der Waals surface area contributed by atoms with E-state index in [4.69, 9.17) is 5.11 Å². The van der Waals surface area contributed by atoms with Gasteiger partial charge in [0.1, 0.15) is 11.6 Å². The summed E-state index contributed by atoms with van der Waals surface area (Å²) in [5.74, 6) is 2.63. The highest BCUT2D eigenvalue weighted by Crippen LogP contribution is 2.27. The van der Waals surface area contributed by atoms with Crippen LogP contribution in [0.25, 0.3) is 0 Å². The van der Waals surface area contributed by atoms with Crippen LogP contribution in [-0.4, -0.2) is 78.4 Å². The van der Waals surface area contributed by atoms with E-state index in [1.165, 1.54) is 0 Å². The number of likely N-dealkylation sites (N-methyl/N-ethyl adjacent to an activating group) is 1. The summed E-state index contributed by atoms with van der Waals surface area (Å²) >= 11 is 0. The molecule has 0 spiro atoms. The average Bonchev–Trinajstić information content (AvgIpc) is 3.21. The van der Waals surface area contributed by atoms with E-state index in [0.717, 1.165) is 24.5 Å². The molecule has 2 aromatic heterocycles. The molecule has 9 nitrogen and oxygen atoms in total. The number of aliphatic hydroxyl groups excluding tert-OH is 1. The summed E-state index contributed by atoms with van der Waals surface area (Å²) in [7, 11) is 5.77. The maximum atomic E-state index is 12.6. The minimum Gasteiger partial charge on any atom is -0.395 e. The molecule has 1 N–H and O–H groups in total. The van der Waals surface area contributed by atoms with Gasteiger partial charge in [-0.1, -0.05) is 0 Å². The second-order valence-electron chi connectivity index (χ2n) is 6.92. The van der Waals surface area contributed by atoms with Gasteiger partial charge in [0.25, 0.3) is 5.91 Å². The molecule has 1 fully saturated rings. The summed E-state index contributed by atoms with van der Waals surface area (Å²) < 4.78 is 3.81. The molecule has 0 aromatic carbocycles. The summed E-state index contributed by atoms with van der Waals surface area (Å²) in [6.45, 7) is 2.78. The summed E-state index contributed by atoms with van der Waals surface area (Å²) in [5, 5.41) is 17.7. The Labute approximate surface area is 153 Å². The van der Waals surface area contributed by atoms with Gasteiger partial charge in [-0.2, -0.15) is 0 Å². The molecule has 0 saturated carbocycles. The van der Waals surface area contributed by atoms with Crippen LogP contribution in [0.2, 0.25) is 0 Å². The van der Waals surface area contributed by atoms with E-state index in [9.17, 15) is 4.79 Å². The van der Waals surface area contributed by atoms with Crippen molar-refractivity contribution in [3.63, 3.8) is 0 Å². The fraction of sp³-hybridized carbons (Fsp3) is 0.647. The van der Waals surface area contributed by atoms with E-state index in [2.05, 4.69) is 19.7 Å². The predicted octanol–water partition coefficient (Wildman–Crippen LogP) is -0.00750. The number of amides is 1. The Kier molecular flexibility index (Phi) is 5.67. The highest BCUT2D eigenvalue weighted by molar-refractivity contribution is 5.90. The summed E-state index contributed by atoms with van der Waals surface area (Å²) in [6.07, 6.45) is 5.17. The maximum Gasteiger partial charge on any atom is 0.289 e. The normalized spacial score (nSPS) is 15.8. The molecule has 2 aromatic rings. The minimum absolute atomic E-state index is 0.0137. The van der Waals surface area contributed by atoms with Crippen molar-refractivity contribution < 1.29 is 9.90 Å². The Balaban J connectivity index is 1.61. The molecule has 3 rings (SSSR count). The van der Waals surface area contributed by atoms with Crippen LogP contribution in [0.3, 0.4) is 0 Å². The number of aryl methyl sites for hydroxylation is 1. The molecule has 0 unspecified atom stereocenters. The zero-order valence-corrected chi connectivity index (χ0v) is 15.7. The lowest BCUT2D eigenvalue weighted by Crippen LogP contribution is -2.39. The van der Waals surface area contributed by atoms with Gasteiger partial charge >= 0.3 is 0 Å². The second kappa shape index (κ2) is 7.96. The van der Waals surface area contributed by atoms with Crippen LogP contribution in [0.1, 0.15) is 41.0 Å². The number of aliphatic hydroxyl groups is 1. The van der Waals surface area contributed by atoms with E-state index < -0.39 is 0 Å². The van der Waals surface area contributed by atoms with Gasteiger partial charge in [0, 0.05) is 52.0 Å². The number of aromatic nitrogens is 5. The molecule has 0 radical (unpaired) electrons. The lowest BCUT2D eigenvalue weighted by atomic mass is 9.96. The quantitative estimate of drug-likeness (QED) is 0.778. The number of rotatable bonds is 6. The Morgan fingerprint density at radius 1 is 1.31 bits per heavy atom. The molecule has 1 amide bonds. The number of carbonyl (C=O) groups excluding carboxylic acids is 1. The van der Waals surface area contributed by atoms with Gasteiger partial charge in [-0.15, -0.1) is 10.2 Å². The molecule has 9 heteroatoms. The van der Waals surface area contributed by atoms with Crippen LogP contribution in [0.5, 0.6) is 0 Å². The number of piperidine rings is 1. The van der Waals surface area contributed by atoms with E-state index in [1.54, 1.807) is 17.0 Å². The summed E-state index contributed by atoms with van der Waals surface area (Å²) in [5.41, 5.74) is 0.